The van der Waals surface area contributed by atoms with E-state index >= 15 is 0 Å². The monoisotopic (exact) mass is 613 g/mol. The Morgan fingerprint density at radius 1 is 0.930 bits per heavy atom. The predicted octanol–water partition coefficient (Wildman–Crippen LogP) is 1.46. The van der Waals surface area contributed by atoms with Gasteiger partial charge in [0.25, 0.3) is 0 Å². The molecule has 0 unspecified atom stereocenters. The maximum Gasteiger partial charge on any atom is 0.320 e. The first-order valence-electron chi connectivity index (χ1n) is 13.5. The first-order chi connectivity index (χ1) is 20.6. The minimum absolute atomic E-state index is 0.187. The number of nitrogens with two attached hydrogens (primary N) is 1. The molecule has 0 aromatic heterocycles. The summed E-state index contributed by atoms with van der Waals surface area (Å²) < 4.78 is 11.1. The SMILES string of the molecule is N[C@@H](Cc1ccccc1)C(=O)O.OCC#CCOc1ccc(Cc2cc([C@@H]3O[C@H](CO)[C@@H](O)[C@H](O)[C@H]3O)ccc2Cl)cc1. The number of aliphatic hydroxyl groups excluding tert-OH is 5. The number of hydrogen-bond donors (Lipinski definition) is 7. The summed E-state index contributed by atoms with van der Waals surface area (Å²) in [6.45, 7) is -0.500. The second kappa shape index (κ2) is 17.0. The molecule has 3 aromatic carbocycles. The molecule has 0 radical (unpaired) electrons. The second-order valence-corrected chi connectivity index (χ2v) is 10.3. The number of ether oxygens (including phenoxy) is 2. The Balaban J connectivity index is 0.000000353. The molecule has 1 saturated heterocycles. The highest BCUT2D eigenvalue weighted by Crippen LogP contribution is 2.34. The average Bonchev–Trinajstić information content (AvgIpc) is 3.01. The van der Waals surface area contributed by atoms with Crippen molar-refractivity contribution in [3.8, 4) is 17.6 Å². The number of aliphatic hydroxyl groups is 5. The van der Waals surface area contributed by atoms with Crippen LogP contribution in [0.5, 0.6) is 5.75 Å². The van der Waals surface area contributed by atoms with E-state index in [0.717, 1.165) is 16.7 Å². The number of benzene rings is 3. The number of carboxylic acids is 1. The lowest BCUT2D eigenvalue weighted by atomic mass is 9.90. The largest absolute Gasteiger partial charge is 0.481 e. The third kappa shape index (κ3) is 10.0. The van der Waals surface area contributed by atoms with Crippen molar-refractivity contribution in [2.24, 2.45) is 5.73 Å². The van der Waals surface area contributed by atoms with Crippen LogP contribution in [-0.4, -0.2) is 86.9 Å². The summed E-state index contributed by atoms with van der Waals surface area (Å²) in [4.78, 5) is 10.4. The molecule has 6 atom stereocenters. The van der Waals surface area contributed by atoms with Gasteiger partial charge in [-0.1, -0.05) is 78.0 Å². The lowest BCUT2D eigenvalue weighted by Crippen LogP contribution is -2.55. The van der Waals surface area contributed by atoms with Gasteiger partial charge in [-0.2, -0.15) is 0 Å². The van der Waals surface area contributed by atoms with E-state index in [0.29, 0.717) is 29.2 Å². The summed E-state index contributed by atoms with van der Waals surface area (Å²) in [5, 5.41) is 57.5. The van der Waals surface area contributed by atoms with Crippen molar-refractivity contribution in [3.05, 3.63) is 100 Å². The van der Waals surface area contributed by atoms with Crippen LogP contribution in [0.25, 0.3) is 0 Å². The van der Waals surface area contributed by atoms with Crippen molar-refractivity contribution in [1.29, 1.82) is 0 Å². The zero-order chi connectivity index (χ0) is 31.4. The third-order valence-corrected chi connectivity index (χ3v) is 7.11. The van der Waals surface area contributed by atoms with Crippen LogP contribution < -0.4 is 10.5 Å². The molecule has 0 aliphatic carbocycles. The molecule has 10 nitrogen and oxygen atoms in total. The molecule has 0 spiro atoms. The van der Waals surface area contributed by atoms with Crippen LogP contribution >= 0.6 is 11.6 Å². The van der Waals surface area contributed by atoms with E-state index in [1.165, 1.54) is 0 Å². The normalized spacial score (nSPS) is 21.9. The van der Waals surface area contributed by atoms with Gasteiger partial charge >= 0.3 is 5.97 Å². The van der Waals surface area contributed by atoms with Gasteiger partial charge in [-0.05, 0) is 53.3 Å². The Labute approximate surface area is 254 Å². The average molecular weight is 614 g/mol. The molecule has 1 heterocycles. The number of carboxylic acid groups (broad SMARTS) is 1. The van der Waals surface area contributed by atoms with Crippen LogP contribution in [0.3, 0.4) is 0 Å². The Kier molecular flexibility index (Phi) is 13.4. The quantitative estimate of drug-likeness (QED) is 0.174. The number of carbonyl (C=O) groups is 1. The van der Waals surface area contributed by atoms with Gasteiger partial charge in [0.2, 0.25) is 0 Å². The Morgan fingerprint density at radius 2 is 1.63 bits per heavy atom. The predicted molar refractivity (Wildman–Crippen MR) is 160 cm³/mol. The van der Waals surface area contributed by atoms with Crippen molar-refractivity contribution in [1.82, 2.24) is 0 Å². The fourth-order valence-electron chi connectivity index (χ4n) is 4.39. The standard InChI is InChI=1S/C23H25ClO7.C9H11NO2/c24-18-8-5-15(23-22(29)21(28)20(27)19(13-26)31-23)12-16(18)11-14-3-6-17(7-4-14)30-10-2-1-9-25;10-8(9(11)12)6-7-4-2-1-3-5-7/h3-8,12,19-23,25-29H,9-11,13H2;1-5,8H,6,10H2,(H,11,12)/t19-,20-,21+,22-,23+;8-/m10/s1. The Bertz CT molecular complexity index is 1360. The molecule has 230 valence electrons. The summed E-state index contributed by atoms with van der Waals surface area (Å²) >= 11 is 6.37. The zero-order valence-electron chi connectivity index (χ0n) is 23.3. The third-order valence-electron chi connectivity index (χ3n) is 6.74. The number of aliphatic carboxylic acids is 1. The van der Waals surface area contributed by atoms with E-state index in [1.54, 1.807) is 18.2 Å². The van der Waals surface area contributed by atoms with Gasteiger partial charge in [0.1, 0.15) is 55.5 Å². The van der Waals surface area contributed by atoms with Crippen molar-refractivity contribution in [3.63, 3.8) is 0 Å². The molecule has 1 aliphatic heterocycles. The van der Waals surface area contributed by atoms with Crippen molar-refractivity contribution >= 4 is 17.6 Å². The van der Waals surface area contributed by atoms with Crippen LogP contribution in [0.1, 0.15) is 28.4 Å². The summed E-state index contributed by atoms with van der Waals surface area (Å²) in [5.41, 5.74) is 8.65. The van der Waals surface area contributed by atoms with E-state index in [9.17, 15) is 25.2 Å². The molecule has 4 rings (SSSR count). The van der Waals surface area contributed by atoms with Crippen LogP contribution in [0.4, 0.5) is 0 Å². The number of halogens is 1. The summed E-state index contributed by atoms with van der Waals surface area (Å²) in [6.07, 6.45) is -5.19. The minimum atomic E-state index is -1.44. The fraction of sp³-hybridized carbons (Fsp3) is 0.344. The molecule has 11 heteroatoms. The fourth-order valence-corrected chi connectivity index (χ4v) is 4.57. The molecule has 0 saturated carbocycles. The van der Waals surface area contributed by atoms with Gasteiger partial charge in [-0.3, -0.25) is 4.79 Å². The van der Waals surface area contributed by atoms with Gasteiger partial charge < -0.3 is 45.8 Å². The Morgan fingerprint density at radius 3 is 2.26 bits per heavy atom. The maximum absolute atomic E-state index is 10.4. The molecular weight excluding hydrogens is 578 g/mol. The molecule has 0 amide bonds. The molecule has 8 N–H and O–H groups in total. The number of rotatable bonds is 9. The highest BCUT2D eigenvalue weighted by Gasteiger charge is 2.44. The lowest BCUT2D eigenvalue weighted by Gasteiger charge is -2.40. The van der Waals surface area contributed by atoms with E-state index in [-0.39, 0.29) is 13.2 Å². The lowest BCUT2D eigenvalue weighted by molar-refractivity contribution is -0.231. The molecule has 3 aromatic rings. The van der Waals surface area contributed by atoms with E-state index in [2.05, 4.69) is 11.8 Å². The summed E-state index contributed by atoms with van der Waals surface area (Å²) in [5.74, 6) is 4.88. The number of hydrogen-bond acceptors (Lipinski definition) is 9. The first-order valence-corrected chi connectivity index (χ1v) is 13.9. The van der Waals surface area contributed by atoms with Crippen LogP contribution in [0.2, 0.25) is 5.02 Å². The topological polar surface area (TPSA) is 183 Å². The highest BCUT2D eigenvalue weighted by molar-refractivity contribution is 6.31. The molecule has 43 heavy (non-hydrogen) atoms. The minimum Gasteiger partial charge on any atom is -0.481 e. The van der Waals surface area contributed by atoms with E-state index in [1.807, 2.05) is 54.6 Å². The molecule has 1 aliphatic rings. The zero-order valence-corrected chi connectivity index (χ0v) is 24.0. The Hall–Kier alpha value is -3.50. The van der Waals surface area contributed by atoms with Crippen molar-refractivity contribution in [2.75, 3.05) is 19.8 Å². The summed E-state index contributed by atoms with van der Waals surface area (Å²) in [7, 11) is 0. The van der Waals surface area contributed by atoms with Gasteiger partial charge in [0.05, 0.1) is 6.61 Å². The van der Waals surface area contributed by atoms with E-state index < -0.39 is 49.1 Å². The first kappa shape index (κ1) is 34.0. The smallest absolute Gasteiger partial charge is 0.320 e. The van der Waals surface area contributed by atoms with E-state index in [4.69, 9.17) is 37.0 Å². The van der Waals surface area contributed by atoms with Crippen molar-refractivity contribution in [2.45, 2.75) is 49.4 Å². The summed E-state index contributed by atoms with van der Waals surface area (Å²) in [6, 6.07) is 21.1. The molecular formula is C32H36ClNO9. The van der Waals surface area contributed by atoms with Crippen LogP contribution in [0, 0.1) is 11.8 Å². The van der Waals surface area contributed by atoms with Gasteiger partial charge in [-0.25, -0.2) is 0 Å². The van der Waals surface area contributed by atoms with Crippen LogP contribution in [0.15, 0.2) is 72.8 Å². The maximum atomic E-state index is 10.4. The van der Waals surface area contributed by atoms with Crippen LogP contribution in [-0.2, 0) is 22.4 Å². The molecule has 1 fully saturated rings. The molecule has 0 bridgehead atoms. The van der Waals surface area contributed by atoms with Gasteiger partial charge in [0, 0.05) is 5.02 Å². The van der Waals surface area contributed by atoms with Gasteiger partial charge in [-0.15, -0.1) is 0 Å². The highest BCUT2D eigenvalue weighted by atomic mass is 35.5. The van der Waals surface area contributed by atoms with Gasteiger partial charge in [0.15, 0.2) is 0 Å². The van der Waals surface area contributed by atoms with Crippen molar-refractivity contribution < 1.29 is 44.9 Å². The second-order valence-electron chi connectivity index (χ2n) is 9.86.